The van der Waals surface area contributed by atoms with Crippen LogP contribution in [0, 0.1) is 6.92 Å². The summed E-state index contributed by atoms with van der Waals surface area (Å²) in [7, 11) is -3.54. The van der Waals surface area contributed by atoms with Gasteiger partial charge in [0.15, 0.2) is 0 Å². The Morgan fingerprint density at radius 2 is 1.88 bits per heavy atom. The van der Waals surface area contributed by atoms with Crippen molar-refractivity contribution in [3.63, 3.8) is 0 Å². The van der Waals surface area contributed by atoms with Crippen LogP contribution < -0.4 is 0 Å². The van der Waals surface area contributed by atoms with Crippen molar-refractivity contribution in [1.82, 2.24) is 9.46 Å². The molecule has 1 aliphatic heterocycles. The van der Waals surface area contributed by atoms with Crippen molar-refractivity contribution in [2.75, 3.05) is 6.54 Å². The van der Waals surface area contributed by atoms with Gasteiger partial charge >= 0.3 is 0 Å². The molecule has 0 amide bonds. The summed E-state index contributed by atoms with van der Waals surface area (Å²) < 4.78 is 32.8. The number of rotatable bonds is 3. The molecule has 0 N–H and O–H groups in total. The number of hydrogen-bond donors (Lipinski definition) is 0. The number of hydrogen-bond acceptors (Lipinski definition) is 4. The minimum Gasteiger partial charge on any atom is -0.361 e. The maximum atomic E-state index is 13.1. The molecule has 6 heteroatoms. The third-order valence-electron chi connectivity index (χ3n) is 4.52. The third kappa shape index (κ3) is 3.13. The molecule has 1 aliphatic rings. The van der Waals surface area contributed by atoms with Crippen LogP contribution in [-0.2, 0) is 15.4 Å². The summed E-state index contributed by atoms with van der Waals surface area (Å²) in [4.78, 5) is 0.336. The lowest BCUT2D eigenvalue weighted by Crippen LogP contribution is -2.31. The molecule has 2 heterocycles. The van der Waals surface area contributed by atoms with E-state index in [1.807, 2.05) is 25.1 Å². The number of aryl methyl sites for hydroxylation is 1. The van der Waals surface area contributed by atoms with Crippen LogP contribution in [0.25, 0.3) is 0 Å². The van der Waals surface area contributed by atoms with Crippen LogP contribution in [0.15, 0.2) is 39.8 Å². The van der Waals surface area contributed by atoms with Crippen molar-refractivity contribution in [2.24, 2.45) is 0 Å². The second-order valence-corrected chi connectivity index (χ2v) is 9.30. The van der Waals surface area contributed by atoms with E-state index >= 15 is 0 Å². The Bertz CT molecular complexity index is 817. The van der Waals surface area contributed by atoms with E-state index < -0.39 is 10.0 Å². The second-order valence-electron chi connectivity index (χ2n) is 7.41. The van der Waals surface area contributed by atoms with Crippen LogP contribution in [0.2, 0.25) is 0 Å². The summed E-state index contributed by atoms with van der Waals surface area (Å²) in [5.74, 6) is 0.698. The van der Waals surface area contributed by atoms with Crippen molar-refractivity contribution in [3.8, 4) is 0 Å². The minimum atomic E-state index is -3.54. The van der Waals surface area contributed by atoms with E-state index in [0.717, 1.165) is 18.4 Å². The van der Waals surface area contributed by atoms with Crippen molar-refractivity contribution < 1.29 is 12.9 Å². The number of aromatic nitrogens is 1. The predicted molar refractivity (Wildman–Crippen MR) is 92.2 cm³/mol. The predicted octanol–water partition coefficient (Wildman–Crippen LogP) is 3.81. The maximum Gasteiger partial charge on any atom is 0.243 e. The summed E-state index contributed by atoms with van der Waals surface area (Å²) in [5, 5.41) is 4.02. The highest BCUT2D eigenvalue weighted by Crippen LogP contribution is 2.36. The van der Waals surface area contributed by atoms with Gasteiger partial charge < -0.3 is 4.52 Å². The summed E-state index contributed by atoms with van der Waals surface area (Å²) >= 11 is 0. The molecule has 130 valence electrons. The zero-order valence-corrected chi connectivity index (χ0v) is 15.4. The van der Waals surface area contributed by atoms with E-state index in [0.29, 0.717) is 22.9 Å². The first-order valence-electron chi connectivity index (χ1n) is 8.25. The van der Waals surface area contributed by atoms with Gasteiger partial charge in [-0.25, -0.2) is 8.42 Å². The third-order valence-corrected chi connectivity index (χ3v) is 6.44. The fourth-order valence-corrected chi connectivity index (χ4v) is 4.80. The normalized spacial score (nSPS) is 19.8. The largest absolute Gasteiger partial charge is 0.361 e. The van der Waals surface area contributed by atoms with Crippen molar-refractivity contribution in [1.29, 1.82) is 0 Å². The zero-order chi connectivity index (χ0) is 17.5. The van der Waals surface area contributed by atoms with E-state index in [1.54, 1.807) is 16.4 Å². The van der Waals surface area contributed by atoms with Crippen LogP contribution in [-0.4, -0.2) is 24.4 Å². The molecule has 2 aromatic rings. The van der Waals surface area contributed by atoms with E-state index in [1.165, 1.54) is 0 Å². The Morgan fingerprint density at radius 3 is 2.42 bits per heavy atom. The number of sulfonamides is 1. The fraction of sp³-hybridized carbons (Fsp3) is 0.500. The first-order valence-corrected chi connectivity index (χ1v) is 9.69. The summed E-state index contributed by atoms with van der Waals surface area (Å²) in [6.07, 6.45) is 1.60. The Labute approximate surface area is 143 Å². The number of nitrogens with zero attached hydrogens (tertiary/aromatic N) is 2. The molecular formula is C18H24N2O3S. The van der Waals surface area contributed by atoms with Crippen molar-refractivity contribution in [2.45, 2.75) is 56.9 Å². The van der Waals surface area contributed by atoms with Gasteiger partial charge in [0.1, 0.15) is 11.5 Å². The van der Waals surface area contributed by atoms with Gasteiger partial charge in [0.2, 0.25) is 10.0 Å². The van der Waals surface area contributed by atoms with Gasteiger partial charge in [-0.15, -0.1) is 0 Å². The number of benzene rings is 1. The van der Waals surface area contributed by atoms with Crippen LogP contribution >= 0.6 is 0 Å². The first-order chi connectivity index (χ1) is 11.2. The van der Waals surface area contributed by atoms with Crippen LogP contribution in [0.3, 0.4) is 0 Å². The Balaban J connectivity index is 1.92. The first kappa shape index (κ1) is 17.2. The topological polar surface area (TPSA) is 63.4 Å². The molecule has 1 aromatic carbocycles. The molecule has 1 atom stereocenters. The van der Waals surface area contributed by atoms with Crippen molar-refractivity contribution in [3.05, 3.63) is 47.3 Å². The van der Waals surface area contributed by atoms with Gasteiger partial charge in [-0.3, -0.25) is 0 Å². The summed E-state index contributed by atoms with van der Waals surface area (Å²) in [5.41, 5.74) is 1.81. The molecule has 0 saturated carbocycles. The van der Waals surface area contributed by atoms with Gasteiger partial charge in [0.25, 0.3) is 0 Å². The molecule has 0 radical (unpaired) electrons. The molecule has 5 nitrogen and oxygen atoms in total. The molecule has 1 aromatic heterocycles. The lowest BCUT2D eigenvalue weighted by Gasteiger charge is -2.23. The molecule has 1 saturated heterocycles. The Hall–Kier alpha value is -1.66. The summed E-state index contributed by atoms with van der Waals surface area (Å²) in [6, 6.07) is 8.80. The quantitative estimate of drug-likeness (QED) is 0.846. The van der Waals surface area contributed by atoms with Crippen LogP contribution in [0.5, 0.6) is 0 Å². The lowest BCUT2D eigenvalue weighted by atomic mass is 9.87. The smallest absolute Gasteiger partial charge is 0.243 e. The Morgan fingerprint density at radius 1 is 1.21 bits per heavy atom. The minimum absolute atomic E-state index is 0.00326. The highest BCUT2D eigenvalue weighted by atomic mass is 32.2. The van der Waals surface area contributed by atoms with E-state index in [-0.39, 0.29) is 11.5 Å². The maximum absolute atomic E-state index is 13.1. The molecule has 0 aliphatic carbocycles. The molecule has 0 spiro atoms. The van der Waals surface area contributed by atoms with Gasteiger partial charge in [-0.2, -0.15) is 4.31 Å². The molecule has 0 unspecified atom stereocenters. The highest BCUT2D eigenvalue weighted by Gasteiger charge is 2.37. The van der Waals surface area contributed by atoms with Gasteiger partial charge in [0.05, 0.1) is 10.9 Å². The Kier molecular flexibility index (Phi) is 4.30. The van der Waals surface area contributed by atoms with E-state index in [9.17, 15) is 8.42 Å². The molecule has 3 rings (SSSR count). The monoisotopic (exact) mass is 348 g/mol. The van der Waals surface area contributed by atoms with Gasteiger partial charge in [-0.05, 0) is 42.9 Å². The molecule has 0 bridgehead atoms. The molecule has 24 heavy (non-hydrogen) atoms. The van der Waals surface area contributed by atoms with E-state index in [4.69, 9.17) is 4.52 Å². The average Bonchev–Trinajstić information content (AvgIpc) is 3.15. The van der Waals surface area contributed by atoms with Gasteiger partial charge in [-0.1, -0.05) is 38.1 Å². The standard InChI is InChI=1S/C18H24N2O3S/c1-13-12-16(19-23-13)17-6-5-11-20(17)24(21,22)15-9-7-14(8-10-15)18(2,3)4/h7-10,12,17H,5-6,11H2,1-4H3/t17-/m1/s1. The van der Waals surface area contributed by atoms with Crippen molar-refractivity contribution >= 4 is 10.0 Å². The highest BCUT2D eigenvalue weighted by molar-refractivity contribution is 7.89. The fourth-order valence-electron chi connectivity index (χ4n) is 3.13. The average molecular weight is 348 g/mol. The van der Waals surface area contributed by atoms with Crippen LogP contribution in [0.4, 0.5) is 0 Å². The SMILES string of the molecule is Cc1cc([C@H]2CCCN2S(=O)(=O)c2ccc(C(C)(C)C)cc2)no1. The summed E-state index contributed by atoms with van der Waals surface area (Å²) in [6.45, 7) is 8.66. The van der Waals surface area contributed by atoms with Crippen LogP contribution in [0.1, 0.15) is 56.7 Å². The zero-order valence-electron chi connectivity index (χ0n) is 14.6. The molecule has 1 fully saturated rings. The molecular weight excluding hydrogens is 324 g/mol. The van der Waals surface area contributed by atoms with Gasteiger partial charge in [0, 0.05) is 12.6 Å². The van der Waals surface area contributed by atoms with E-state index in [2.05, 4.69) is 25.9 Å². The lowest BCUT2D eigenvalue weighted by molar-refractivity contribution is 0.349. The second kappa shape index (κ2) is 6.01.